The Bertz CT molecular complexity index is 2930. The van der Waals surface area contributed by atoms with Gasteiger partial charge in [0.25, 0.3) is 0 Å². The molecule has 0 unspecified atom stereocenters. The number of aliphatic carboxylic acids is 1. The van der Waals surface area contributed by atoms with Crippen molar-refractivity contribution in [2.24, 2.45) is 9.98 Å². The molecule has 376 valence electrons. The monoisotopic (exact) mass is 1010 g/mol. The van der Waals surface area contributed by atoms with Crippen molar-refractivity contribution in [1.82, 2.24) is 19.8 Å². The molecule has 72 heavy (non-hydrogen) atoms. The Morgan fingerprint density at radius 1 is 0.708 bits per heavy atom. The summed E-state index contributed by atoms with van der Waals surface area (Å²) < 4.78 is 25.7. The van der Waals surface area contributed by atoms with E-state index in [4.69, 9.17) is 42.1 Å². The summed E-state index contributed by atoms with van der Waals surface area (Å²) in [6.45, 7) is 8.40. The number of aliphatic imine (C=N–C) groups is 2. The maximum atomic E-state index is 12.3. The molecule has 0 saturated carbocycles. The molecule has 0 radical (unpaired) electrons. The van der Waals surface area contributed by atoms with Crippen molar-refractivity contribution in [3.8, 4) is 34.1 Å². The summed E-state index contributed by atoms with van der Waals surface area (Å²) >= 11 is 13.8. The molecule has 14 nitrogen and oxygen atoms in total. The smallest absolute Gasteiger partial charge is 0.407 e. The van der Waals surface area contributed by atoms with Crippen LogP contribution in [0.5, 0.6) is 23.0 Å². The average molecular weight is 1020 g/mol. The van der Waals surface area contributed by atoms with Crippen molar-refractivity contribution in [2.75, 3.05) is 27.2 Å². The van der Waals surface area contributed by atoms with E-state index in [2.05, 4.69) is 45.9 Å². The number of hydrogen-bond acceptors (Lipinski definition) is 11. The minimum absolute atomic E-state index is 0.0870. The highest BCUT2D eigenvalue weighted by Gasteiger charge is 2.31. The first-order valence-corrected chi connectivity index (χ1v) is 24.6. The highest BCUT2D eigenvalue weighted by molar-refractivity contribution is 6.32. The molecule has 0 bridgehead atoms. The van der Waals surface area contributed by atoms with E-state index in [9.17, 15) is 19.8 Å². The minimum atomic E-state index is -1.03. The number of ether oxygens (including phenoxy) is 4. The van der Waals surface area contributed by atoms with Crippen LogP contribution >= 0.6 is 23.2 Å². The van der Waals surface area contributed by atoms with Crippen molar-refractivity contribution in [3.63, 3.8) is 0 Å². The van der Waals surface area contributed by atoms with E-state index < -0.39 is 18.1 Å². The maximum absolute atomic E-state index is 12.3. The van der Waals surface area contributed by atoms with Gasteiger partial charge >= 0.3 is 12.1 Å². The molecule has 1 aliphatic heterocycles. The molecule has 1 aliphatic rings. The number of pyridine rings is 2. The van der Waals surface area contributed by atoms with Gasteiger partial charge in [0.15, 0.2) is 0 Å². The molecule has 6 aromatic rings. The van der Waals surface area contributed by atoms with Crippen LogP contribution in [0.2, 0.25) is 10.0 Å². The van der Waals surface area contributed by atoms with Crippen molar-refractivity contribution in [1.29, 1.82) is 0 Å². The molecule has 2 aromatic heterocycles. The molecule has 3 heterocycles. The Balaban J connectivity index is 1.10. The Morgan fingerprint density at radius 2 is 1.22 bits per heavy atom. The van der Waals surface area contributed by atoms with E-state index in [1.807, 2.05) is 48.2 Å². The molecule has 7 rings (SSSR count). The van der Waals surface area contributed by atoms with E-state index in [1.54, 1.807) is 75.6 Å². The molecule has 4 aromatic carbocycles. The fraction of sp³-hybridized carbons (Fsp3) is 0.321. The number of carbonyl (C=O) groups is 2. The van der Waals surface area contributed by atoms with Gasteiger partial charge in [-0.1, -0.05) is 72.9 Å². The largest absolute Gasteiger partial charge is 0.488 e. The number of unbranched alkanes of at least 4 members (excludes halogenated alkanes) is 1. The second-order valence-electron chi connectivity index (χ2n) is 17.7. The maximum Gasteiger partial charge on any atom is 0.407 e. The van der Waals surface area contributed by atoms with E-state index >= 15 is 0 Å². The Labute approximate surface area is 430 Å². The highest BCUT2D eigenvalue weighted by Crippen LogP contribution is 2.39. The number of amides is 1. The van der Waals surface area contributed by atoms with Crippen LogP contribution in [-0.2, 0) is 44.3 Å². The van der Waals surface area contributed by atoms with Gasteiger partial charge < -0.3 is 34.1 Å². The van der Waals surface area contributed by atoms with E-state index in [0.717, 1.165) is 80.5 Å². The lowest BCUT2D eigenvalue weighted by atomic mass is 9.92. The van der Waals surface area contributed by atoms with Crippen LogP contribution in [0.4, 0.5) is 4.79 Å². The van der Waals surface area contributed by atoms with Crippen LogP contribution in [0, 0.1) is 13.8 Å². The third-order valence-electron chi connectivity index (χ3n) is 12.6. The van der Waals surface area contributed by atoms with Crippen LogP contribution in [0.3, 0.4) is 0 Å². The van der Waals surface area contributed by atoms with Crippen LogP contribution < -0.4 is 18.9 Å². The lowest BCUT2D eigenvalue weighted by molar-refractivity contribution is -0.142. The van der Waals surface area contributed by atoms with Gasteiger partial charge in [0.05, 0.1) is 16.6 Å². The van der Waals surface area contributed by atoms with Gasteiger partial charge in [-0.25, -0.2) is 4.79 Å². The molecular formula is C56H60Cl2N6O8. The topological polar surface area (TPSA) is 168 Å². The number of rotatable bonds is 23. The van der Waals surface area contributed by atoms with Crippen LogP contribution in [0.1, 0.15) is 88.2 Å². The van der Waals surface area contributed by atoms with Crippen molar-refractivity contribution < 1.29 is 38.7 Å². The summed E-state index contributed by atoms with van der Waals surface area (Å²) in [5.41, 5.74) is 10.7. The standard InChI is InChI=1S/C56H60Cl2N6O8/c1-6-7-16-64(56(67)68)31-45-21-49(58)54(23-52(45)70-33-41-19-39(25-60-5)27-62-29-41)72-35-43-12-9-14-47(37(43)3)46-13-8-11-42(36(46)2)34-71-53-22-51(69-32-40-18-38(24-59-4)26-61-28-40)44(20-48(53)57)30-63-17-10-15-50(63)55(65)66/h8-9,11-14,18-29,50H,6-7,10,15-17,30-35H2,1-5H3,(H,65,66)(H,67,68)/b59-24+,60-25+/t50-/m0/s1. The van der Waals surface area contributed by atoms with Gasteiger partial charge in [-0.15, -0.1) is 0 Å². The molecule has 1 amide bonds. The van der Waals surface area contributed by atoms with Crippen LogP contribution in [0.15, 0.2) is 108 Å². The van der Waals surface area contributed by atoms with Gasteiger partial charge in [-0.2, -0.15) is 0 Å². The third-order valence-corrected chi connectivity index (χ3v) is 13.2. The zero-order valence-corrected chi connectivity index (χ0v) is 42.7. The molecule has 0 spiro atoms. The zero-order chi connectivity index (χ0) is 51.1. The first-order chi connectivity index (χ1) is 34.8. The SMILES string of the molecule is CCCCN(Cc1cc(Cl)c(OCc2cccc(-c3cccc(COc4cc(OCc5cncc(/C=N/C)c5)c(CN5CCC[C@H]5C(=O)O)cc4Cl)c3C)c2C)cc1OCc1cncc(/C=N/C)c1)C(=O)O. The average Bonchev–Trinajstić information content (AvgIpc) is 3.84. The fourth-order valence-corrected chi connectivity index (χ4v) is 9.19. The van der Waals surface area contributed by atoms with E-state index in [0.29, 0.717) is 64.7 Å². The number of carboxylic acid groups (broad SMARTS) is 2. The molecule has 1 fully saturated rings. The Kier molecular flexibility index (Phi) is 18.6. The first-order valence-electron chi connectivity index (χ1n) is 23.9. The number of likely N-dealkylation sites (tertiary alicyclic amines) is 1. The summed E-state index contributed by atoms with van der Waals surface area (Å²) in [7, 11) is 3.40. The number of aromatic nitrogens is 2. The highest BCUT2D eigenvalue weighted by atomic mass is 35.5. The van der Waals surface area contributed by atoms with Crippen molar-refractivity contribution in [2.45, 2.75) is 92.0 Å². The molecule has 1 saturated heterocycles. The van der Waals surface area contributed by atoms with Crippen LogP contribution in [0.25, 0.3) is 11.1 Å². The summed E-state index contributed by atoms with van der Waals surface area (Å²) in [5.74, 6) is 0.966. The number of halogens is 2. The molecule has 1 atom stereocenters. The third kappa shape index (κ3) is 13.7. The number of hydrogen-bond donors (Lipinski definition) is 2. The molecule has 2 N–H and O–H groups in total. The number of carboxylic acids is 1. The van der Waals surface area contributed by atoms with E-state index in [1.165, 1.54) is 4.90 Å². The van der Waals surface area contributed by atoms with Crippen LogP contribution in [-0.4, -0.2) is 87.7 Å². The fourth-order valence-electron chi connectivity index (χ4n) is 8.71. The Hall–Kier alpha value is -7.00. The summed E-state index contributed by atoms with van der Waals surface area (Å²) in [6, 6.07) is 22.5. The molecular weight excluding hydrogens is 956 g/mol. The first kappa shape index (κ1) is 52.8. The quantitative estimate of drug-likeness (QED) is 0.0586. The summed E-state index contributed by atoms with van der Waals surface area (Å²) in [4.78, 5) is 44.5. The van der Waals surface area contributed by atoms with Crippen molar-refractivity contribution >= 4 is 47.7 Å². The second-order valence-corrected chi connectivity index (χ2v) is 18.5. The molecule has 0 aliphatic carbocycles. The van der Waals surface area contributed by atoms with Gasteiger partial charge in [0, 0.05) is 110 Å². The summed E-state index contributed by atoms with van der Waals surface area (Å²) in [5, 5.41) is 20.7. The van der Waals surface area contributed by atoms with Gasteiger partial charge in [-0.05, 0) is 97.3 Å². The second kappa shape index (κ2) is 25.4. The zero-order valence-electron chi connectivity index (χ0n) is 41.2. The number of benzene rings is 4. The van der Waals surface area contributed by atoms with Gasteiger partial charge in [0.1, 0.15) is 55.5 Å². The lowest BCUT2D eigenvalue weighted by Gasteiger charge is -2.23. The number of nitrogens with zero attached hydrogens (tertiary/aromatic N) is 6. The van der Waals surface area contributed by atoms with Crippen molar-refractivity contribution in [3.05, 3.63) is 163 Å². The molecule has 16 heteroatoms. The normalized spacial score (nSPS) is 13.7. The lowest BCUT2D eigenvalue weighted by Crippen LogP contribution is -2.35. The van der Waals surface area contributed by atoms with Gasteiger partial charge in [0.2, 0.25) is 0 Å². The Morgan fingerprint density at radius 3 is 1.72 bits per heavy atom. The predicted octanol–water partition coefficient (Wildman–Crippen LogP) is 11.8. The van der Waals surface area contributed by atoms with Gasteiger partial charge in [-0.3, -0.25) is 29.6 Å². The van der Waals surface area contributed by atoms with E-state index in [-0.39, 0.29) is 33.0 Å². The minimum Gasteiger partial charge on any atom is -0.488 e. The predicted molar refractivity (Wildman–Crippen MR) is 282 cm³/mol. The summed E-state index contributed by atoms with van der Waals surface area (Å²) in [6.07, 6.45) is 12.2.